The van der Waals surface area contributed by atoms with Crippen LogP contribution in [-0.2, 0) is 11.2 Å². The molecule has 1 aromatic carbocycles. The van der Waals surface area contributed by atoms with E-state index in [2.05, 4.69) is 5.32 Å². The van der Waals surface area contributed by atoms with Crippen LogP contribution in [0.5, 0.6) is 0 Å². The van der Waals surface area contributed by atoms with Crippen molar-refractivity contribution in [3.05, 3.63) is 33.8 Å². The molecule has 0 bridgehead atoms. The van der Waals surface area contributed by atoms with Crippen LogP contribution in [0.15, 0.2) is 18.2 Å². The quantitative estimate of drug-likeness (QED) is 0.916. The highest BCUT2D eigenvalue weighted by atomic mass is 35.5. The van der Waals surface area contributed by atoms with Gasteiger partial charge < -0.3 is 5.32 Å². The Hall–Kier alpha value is -0.570. The summed E-state index contributed by atoms with van der Waals surface area (Å²) in [6, 6.07) is 5.37. The first kappa shape index (κ1) is 12.9. The molecular weight excluding hydrogens is 257 g/mol. The first-order valence-corrected chi connectivity index (χ1v) is 6.45. The van der Waals surface area contributed by atoms with E-state index in [-0.39, 0.29) is 11.2 Å². The maximum atomic E-state index is 12.2. The highest BCUT2D eigenvalue weighted by Gasteiger charge is 2.35. The average molecular weight is 272 g/mol. The van der Waals surface area contributed by atoms with Gasteiger partial charge in [0.05, 0.1) is 10.0 Å². The third-order valence-corrected chi connectivity index (χ3v) is 4.13. The van der Waals surface area contributed by atoms with Crippen LogP contribution >= 0.6 is 23.2 Å². The van der Waals surface area contributed by atoms with Crippen molar-refractivity contribution in [3.8, 4) is 0 Å². The van der Waals surface area contributed by atoms with Gasteiger partial charge in [-0.15, -0.1) is 0 Å². The number of rotatable bonds is 3. The Labute approximate surface area is 111 Å². The predicted molar refractivity (Wildman–Crippen MR) is 70.8 cm³/mol. The fraction of sp³-hybridized carbons (Fsp3) is 0.462. The zero-order chi connectivity index (χ0) is 12.5. The first-order valence-electron chi connectivity index (χ1n) is 5.69. The molecule has 17 heavy (non-hydrogen) atoms. The minimum Gasteiger partial charge on any atom is -0.316 e. The molecule has 4 heteroatoms. The lowest BCUT2D eigenvalue weighted by Gasteiger charge is -2.20. The molecule has 0 amide bonds. The van der Waals surface area contributed by atoms with Crippen LogP contribution in [0.2, 0.25) is 10.0 Å². The summed E-state index contributed by atoms with van der Waals surface area (Å²) < 4.78 is 0. The summed E-state index contributed by atoms with van der Waals surface area (Å²) in [7, 11) is 0. The van der Waals surface area contributed by atoms with Gasteiger partial charge in [0, 0.05) is 18.4 Å². The molecule has 2 nitrogen and oxygen atoms in total. The van der Waals surface area contributed by atoms with Crippen molar-refractivity contribution in [1.29, 1.82) is 0 Å². The van der Waals surface area contributed by atoms with Crippen LogP contribution in [0.3, 0.4) is 0 Å². The van der Waals surface area contributed by atoms with Crippen molar-refractivity contribution in [2.75, 3.05) is 13.1 Å². The molecule has 0 saturated carbocycles. The molecule has 1 aromatic rings. The maximum Gasteiger partial charge on any atom is 0.144 e. The number of hydrogen-bond donors (Lipinski definition) is 1. The van der Waals surface area contributed by atoms with Crippen molar-refractivity contribution in [3.63, 3.8) is 0 Å². The van der Waals surface area contributed by atoms with Crippen LogP contribution in [0.1, 0.15) is 18.9 Å². The summed E-state index contributed by atoms with van der Waals surface area (Å²) in [5, 5.41) is 4.26. The molecule has 1 saturated heterocycles. The zero-order valence-electron chi connectivity index (χ0n) is 9.72. The molecule has 2 rings (SSSR count). The number of halogens is 2. The lowest BCUT2D eigenvalue weighted by Crippen LogP contribution is -2.31. The van der Waals surface area contributed by atoms with Gasteiger partial charge in [0.2, 0.25) is 0 Å². The van der Waals surface area contributed by atoms with E-state index in [9.17, 15) is 4.79 Å². The third kappa shape index (κ3) is 2.82. The Bertz CT molecular complexity index is 439. The maximum absolute atomic E-state index is 12.2. The Balaban J connectivity index is 2.10. The van der Waals surface area contributed by atoms with Crippen molar-refractivity contribution in [2.45, 2.75) is 19.8 Å². The van der Waals surface area contributed by atoms with Gasteiger partial charge in [0.15, 0.2) is 0 Å². The van der Waals surface area contributed by atoms with E-state index >= 15 is 0 Å². The Kier molecular flexibility index (Phi) is 3.76. The number of benzene rings is 1. The molecule has 0 spiro atoms. The summed E-state index contributed by atoms with van der Waals surface area (Å²) in [5.74, 6) is 0.265. The van der Waals surface area contributed by atoms with Gasteiger partial charge in [-0.1, -0.05) is 36.2 Å². The minimum absolute atomic E-state index is 0.230. The summed E-state index contributed by atoms with van der Waals surface area (Å²) in [4.78, 5) is 12.2. The number of Topliss-reactive ketones (excluding diaryl/α,β-unsaturated/α-hetero) is 1. The highest BCUT2D eigenvalue weighted by molar-refractivity contribution is 6.42. The lowest BCUT2D eigenvalue weighted by atomic mass is 9.82. The molecule has 1 heterocycles. The summed E-state index contributed by atoms with van der Waals surface area (Å²) in [6.45, 7) is 3.71. The minimum atomic E-state index is -0.230. The monoisotopic (exact) mass is 271 g/mol. The molecule has 92 valence electrons. The second kappa shape index (κ2) is 4.97. The number of carbonyl (C=O) groups is 1. The Morgan fingerprint density at radius 2 is 2.18 bits per heavy atom. The molecular formula is C13H15Cl2NO. The van der Waals surface area contributed by atoms with Gasteiger partial charge in [-0.05, 0) is 30.7 Å². The van der Waals surface area contributed by atoms with Crippen LogP contribution in [-0.4, -0.2) is 18.9 Å². The summed E-state index contributed by atoms with van der Waals surface area (Å²) in [5.41, 5.74) is 0.698. The average Bonchev–Trinajstić information content (AvgIpc) is 2.72. The SMILES string of the molecule is CC1(C(=O)Cc2ccc(Cl)c(Cl)c2)CCNC1. The fourth-order valence-corrected chi connectivity index (χ4v) is 2.42. The summed E-state index contributed by atoms with van der Waals surface area (Å²) in [6.07, 6.45) is 1.34. The van der Waals surface area contributed by atoms with Gasteiger partial charge in [-0.25, -0.2) is 0 Å². The number of hydrogen-bond acceptors (Lipinski definition) is 2. The zero-order valence-corrected chi connectivity index (χ0v) is 11.2. The smallest absolute Gasteiger partial charge is 0.144 e. The molecule has 1 fully saturated rings. The van der Waals surface area contributed by atoms with Crippen molar-refractivity contribution in [2.24, 2.45) is 5.41 Å². The predicted octanol–water partition coefficient (Wildman–Crippen LogP) is 3.10. The first-order chi connectivity index (χ1) is 8.01. The molecule has 1 aliphatic rings. The molecule has 1 aliphatic heterocycles. The van der Waals surface area contributed by atoms with E-state index in [1.54, 1.807) is 12.1 Å². The molecule has 1 unspecified atom stereocenters. The van der Waals surface area contributed by atoms with E-state index in [1.165, 1.54) is 0 Å². The molecule has 0 aromatic heterocycles. The van der Waals surface area contributed by atoms with Crippen LogP contribution in [0, 0.1) is 5.41 Å². The van der Waals surface area contributed by atoms with E-state index in [4.69, 9.17) is 23.2 Å². The number of ketones is 1. The molecule has 0 aliphatic carbocycles. The van der Waals surface area contributed by atoms with Gasteiger partial charge in [-0.2, -0.15) is 0 Å². The Morgan fingerprint density at radius 1 is 1.41 bits per heavy atom. The van der Waals surface area contributed by atoms with Crippen molar-refractivity contribution >= 4 is 29.0 Å². The highest BCUT2D eigenvalue weighted by Crippen LogP contribution is 2.29. The van der Waals surface area contributed by atoms with Gasteiger partial charge in [0.1, 0.15) is 5.78 Å². The number of nitrogens with one attached hydrogen (secondary N) is 1. The second-order valence-electron chi connectivity index (χ2n) is 4.84. The molecule has 1 N–H and O–H groups in total. The molecule has 1 atom stereocenters. The fourth-order valence-electron chi connectivity index (χ4n) is 2.10. The lowest BCUT2D eigenvalue weighted by molar-refractivity contribution is -0.126. The third-order valence-electron chi connectivity index (χ3n) is 3.39. The van der Waals surface area contributed by atoms with E-state index in [0.717, 1.165) is 25.1 Å². The second-order valence-corrected chi connectivity index (χ2v) is 5.65. The van der Waals surface area contributed by atoms with E-state index in [1.807, 2.05) is 13.0 Å². The van der Waals surface area contributed by atoms with Gasteiger partial charge in [0.25, 0.3) is 0 Å². The summed E-state index contributed by atoms with van der Waals surface area (Å²) >= 11 is 11.8. The van der Waals surface area contributed by atoms with Crippen LogP contribution in [0.4, 0.5) is 0 Å². The van der Waals surface area contributed by atoms with Crippen LogP contribution in [0.25, 0.3) is 0 Å². The normalized spacial score (nSPS) is 23.9. The standard InChI is InChI=1S/C13H15Cl2NO/c1-13(4-5-16-8-13)12(17)7-9-2-3-10(14)11(15)6-9/h2-3,6,16H,4-5,7-8H2,1H3. The number of carbonyl (C=O) groups excluding carboxylic acids is 1. The largest absolute Gasteiger partial charge is 0.316 e. The van der Waals surface area contributed by atoms with Crippen LogP contribution < -0.4 is 5.32 Å². The Morgan fingerprint density at radius 3 is 2.76 bits per heavy atom. The molecule has 0 radical (unpaired) electrons. The van der Waals surface area contributed by atoms with E-state index < -0.39 is 0 Å². The van der Waals surface area contributed by atoms with E-state index in [0.29, 0.717) is 16.5 Å². The van der Waals surface area contributed by atoms with Crippen molar-refractivity contribution in [1.82, 2.24) is 5.32 Å². The van der Waals surface area contributed by atoms with Gasteiger partial charge >= 0.3 is 0 Å². The topological polar surface area (TPSA) is 29.1 Å². The van der Waals surface area contributed by atoms with Gasteiger partial charge in [-0.3, -0.25) is 4.79 Å². The van der Waals surface area contributed by atoms with Crippen molar-refractivity contribution < 1.29 is 4.79 Å².